The van der Waals surface area contributed by atoms with Gasteiger partial charge in [-0.05, 0) is 13.8 Å². The Morgan fingerprint density at radius 1 is 1.53 bits per heavy atom. The molecule has 0 atom stereocenters. The van der Waals surface area contributed by atoms with E-state index in [9.17, 15) is 9.59 Å². The lowest BCUT2D eigenvalue weighted by Gasteiger charge is -2.02. The van der Waals surface area contributed by atoms with Crippen molar-refractivity contribution >= 4 is 17.1 Å². The van der Waals surface area contributed by atoms with Crippen molar-refractivity contribution in [3.8, 4) is 0 Å². The molecule has 0 saturated heterocycles. The molecule has 88 valence electrons. The van der Waals surface area contributed by atoms with Gasteiger partial charge in [-0.1, -0.05) is 0 Å². The fourth-order valence-corrected chi connectivity index (χ4v) is 1.44. The summed E-state index contributed by atoms with van der Waals surface area (Å²) in [6, 6.07) is 0. The summed E-state index contributed by atoms with van der Waals surface area (Å²) in [5, 5.41) is 0. The Morgan fingerprint density at radius 2 is 2.29 bits per heavy atom. The van der Waals surface area contributed by atoms with E-state index in [0.29, 0.717) is 11.3 Å². The molecule has 0 aliphatic carbocycles. The number of aromatic nitrogens is 3. The van der Waals surface area contributed by atoms with Crippen LogP contribution < -0.4 is 5.43 Å². The van der Waals surface area contributed by atoms with Crippen LogP contribution >= 0.6 is 0 Å². The molecule has 0 aliphatic rings. The zero-order valence-electron chi connectivity index (χ0n) is 9.48. The standard InChI is InChI=1S/C11H11N3O3/c1-3-17-11(16)7-5-13-10-8(9(7)15)14-6(2)4-12-10/h4-5H,3H2,1-2H3,(H,12,13,15). The minimum absolute atomic E-state index is 0.0562. The maximum Gasteiger partial charge on any atom is 0.343 e. The van der Waals surface area contributed by atoms with Gasteiger partial charge in [-0.3, -0.25) is 4.79 Å². The SMILES string of the molecule is CCOC(=O)c1c[nH]c2ncc(C)nc2c1=O. The van der Waals surface area contributed by atoms with Gasteiger partial charge in [0.2, 0.25) is 5.43 Å². The van der Waals surface area contributed by atoms with Gasteiger partial charge in [0, 0.05) is 6.20 Å². The van der Waals surface area contributed by atoms with Gasteiger partial charge < -0.3 is 9.72 Å². The molecule has 2 aromatic heterocycles. The Kier molecular flexibility index (Phi) is 2.86. The molecule has 0 aromatic carbocycles. The first kappa shape index (κ1) is 11.3. The van der Waals surface area contributed by atoms with Gasteiger partial charge in [-0.2, -0.15) is 0 Å². The molecular formula is C11H11N3O3. The highest BCUT2D eigenvalue weighted by atomic mass is 16.5. The van der Waals surface area contributed by atoms with Crippen LogP contribution in [0.25, 0.3) is 11.2 Å². The van der Waals surface area contributed by atoms with Crippen LogP contribution in [0.4, 0.5) is 0 Å². The summed E-state index contributed by atoms with van der Waals surface area (Å²) >= 11 is 0. The average molecular weight is 233 g/mol. The topological polar surface area (TPSA) is 84.9 Å². The lowest BCUT2D eigenvalue weighted by molar-refractivity contribution is 0.0524. The van der Waals surface area contributed by atoms with E-state index >= 15 is 0 Å². The Morgan fingerprint density at radius 3 is 3.00 bits per heavy atom. The largest absolute Gasteiger partial charge is 0.462 e. The van der Waals surface area contributed by atoms with Crippen LogP contribution in [0.1, 0.15) is 23.0 Å². The maximum atomic E-state index is 12.0. The minimum Gasteiger partial charge on any atom is -0.462 e. The number of H-pyrrole nitrogens is 1. The second-order valence-corrected chi connectivity index (χ2v) is 3.46. The number of nitrogens with zero attached hydrogens (tertiary/aromatic N) is 2. The quantitative estimate of drug-likeness (QED) is 0.775. The molecule has 2 rings (SSSR count). The van der Waals surface area contributed by atoms with E-state index in [2.05, 4.69) is 15.0 Å². The number of carbonyl (C=O) groups excluding carboxylic acids is 1. The zero-order valence-corrected chi connectivity index (χ0v) is 9.48. The molecule has 0 amide bonds. The lowest BCUT2D eigenvalue weighted by Crippen LogP contribution is -2.19. The summed E-state index contributed by atoms with van der Waals surface area (Å²) in [5.41, 5.74) is 0.598. The first-order chi connectivity index (χ1) is 8.13. The monoisotopic (exact) mass is 233 g/mol. The molecule has 6 heteroatoms. The van der Waals surface area contributed by atoms with E-state index in [1.807, 2.05) is 0 Å². The molecule has 17 heavy (non-hydrogen) atoms. The van der Waals surface area contributed by atoms with E-state index in [0.717, 1.165) is 0 Å². The maximum absolute atomic E-state index is 12.0. The summed E-state index contributed by atoms with van der Waals surface area (Å²) < 4.78 is 4.78. The van der Waals surface area contributed by atoms with E-state index in [4.69, 9.17) is 4.74 Å². The minimum atomic E-state index is -0.654. The van der Waals surface area contributed by atoms with Gasteiger partial charge >= 0.3 is 5.97 Å². The highest BCUT2D eigenvalue weighted by Gasteiger charge is 2.15. The summed E-state index contributed by atoms with van der Waals surface area (Å²) in [6.45, 7) is 3.62. The molecule has 0 bridgehead atoms. The number of fused-ring (bicyclic) bond motifs is 1. The zero-order chi connectivity index (χ0) is 12.4. The Labute approximate surface area is 96.7 Å². The summed E-state index contributed by atoms with van der Waals surface area (Å²) in [4.78, 5) is 34.3. The van der Waals surface area contributed by atoms with Crippen LogP contribution in [0.2, 0.25) is 0 Å². The van der Waals surface area contributed by atoms with Crippen molar-refractivity contribution in [2.24, 2.45) is 0 Å². The number of pyridine rings is 1. The average Bonchev–Trinajstić information content (AvgIpc) is 2.30. The summed E-state index contributed by atoms with van der Waals surface area (Å²) in [5.74, 6) is -0.654. The summed E-state index contributed by atoms with van der Waals surface area (Å²) in [7, 11) is 0. The predicted octanol–water partition coefficient (Wildman–Crippen LogP) is 0.803. The van der Waals surface area contributed by atoms with Crippen molar-refractivity contribution in [1.29, 1.82) is 0 Å². The van der Waals surface area contributed by atoms with Gasteiger partial charge in [0.05, 0.1) is 18.5 Å². The van der Waals surface area contributed by atoms with Gasteiger partial charge in [0.25, 0.3) is 0 Å². The second kappa shape index (κ2) is 4.32. The third kappa shape index (κ3) is 2.01. The van der Waals surface area contributed by atoms with Crippen LogP contribution in [-0.4, -0.2) is 27.5 Å². The molecule has 0 unspecified atom stereocenters. The molecule has 0 spiro atoms. The molecule has 1 N–H and O–H groups in total. The van der Waals surface area contributed by atoms with E-state index in [1.165, 1.54) is 6.20 Å². The van der Waals surface area contributed by atoms with Crippen molar-refractivity contribution in [3.05, 3.63) is 33.9 Å². The molecule has 2 aromatic rings. The number of ether oxygens (including phenoxy) is 1. The fourth-order valence-electron chi connectivity index (χ4n) is 1.44. The van der Waals surface area contributed by atoms with E-state index in [1.54, 1.807) is 20.0 Å². The normalized spacial score (nSPS) is 10.5. The fraction of sp³-hybridized carbons (Fsp3) is 0.273. The molecule has 0 radical (unpaired) electrons. The Bertz CT molecular complexity index is 633. The number of hydrogen-bond acceptors (Lipinski definition) is 5. The summed E-state index contributed by atoms with van der Waals surface area (Å²) in [6.07, 6.45) is 2.84. The first-order valence-electron chi connectivity index (χ1n) is 5.15. The van der Waals surface area contributed by atoms with E-state index < -0.39 is 11.4 Å². The van der Waals surface area contributed by atoms with Crippen molar-refractivity contribution < 1.29 is 9.53 Å². The lowest BCUT2D eigenvalue weighted by atomic mass is 10.2. The highest BCUT2D eigenvalue weighted by molar-refractivity contribution is 5.91. The third-order valence-corrected chi connectivity index (χ3v) is 2.20. The van der Waals surface area contributed by atoms with Crippen LogP contribution in [0, 0.1) is 6.92 Å². The van der Waals surface area contributed by atoms with Gasteiger partial charge in [0.15, 0.2) is 11.2 Å². The Hall–Kier alpha value is -2.24. The number of aryl methyl sites for hydroxylation is 1. The molecule has 6 nitrogen and oxygen atoms in total. The van der Waals surface area contributed by atoms with Gasteiger partial charge in [-0.15, -0.1) is 0 Å². The number of esters is 1. The molecular weight excluding hydrogens is 222 g/mol. The van der Waals surface area contributed by atoms with Crippen molar-refractivity contribution in [2.75, 3.05) is 6.61 Å². The van der Waals surface area contributed by atoms with Gasteiger partial charge in [-0.25, -0.2) is 14.8 Å². The molecule has 0 fully saturated rings. The predicted molar refractivity (Wildman–Crippen MR) is 60.9 cm³/mol. The van der Waals surface area contributed by atoms with Crippen LogP contribution in [-0.2, 0) is 4.74 Å². The number of nitrogens with one attached hydrogen (secondary N) is 1. The van der Waals surface area contributed by atoms with E-state index in [-0.39, 0.29) is 17.7 Å². The van der Waals surface area contributed by atoms with Crippen LogP contribution in [0.15, 0.2) is 17.2 Å². The smallest absolute Gasteiger partial charge is 0.343 e. The number of rotatable bonds is 2. The van der Waals surface area contributed by atoms with Crippen molar-refractivity contribution in [3.63, 3.8) is 0 Å². The number of aromatic amines is 1. The third-order valence-electron chi connectivity index (χ3n) is 2.20. The Balaban J connectivity index is 2.65. The molecule has 2 heterocycles. The van der Waals surface area contributed by atoms with Crippen molar-refractivity contribution in [2.45, 2.75) is 13.8 Å². The van der Waals surface area contributed by atoms with Crippen molar-refractivity contribution in [1.82, 2.24) is 15.0 Å². The number of carbonyl (C=O) groups is 1. The van der Waals surface area contributed by atoms with Crippen LogP contribution in [0.3, 0.4) is 0 Å². The molecule has 0 aliphatic heterocycles. The van der Waals surface area contributed by atoms with Gasteiger partial charge in [0.1, 0.15) is 5.56 Å². The van der Waals surface area contributed by atoms with Crippen LogP contribution in [0.5, 0.6) is 0 Å². The second-order valence-electron chi connectivity index (χ2n) is 3.46. The highest BCUT2D eigenvalue weighted by Crippen LogP contribution is 2.04. The first-order valence-corrected chi connectivity index (χ1v) is 5.15. The molecule has 0 saturated carbocycles. The number of hydrogen-bond donors (Lipinski definition) is 1.